The van der Waals surface area contributed by atoms with Crippen molar-refractivity contribution in [2.24, 2.45) is 24.8 Å². The number of aromatic nitrogens is 2. The highest BCUT2D eigenvalue weighted by atomic mass is 16.5. The highest BCUT2D eigenvalue weighted by Gasteiger charge is 2.45. The Balaban J connectivity index is 1.29. The summed E-state index contributed by atoms with van der Waals surface area (Å²) in [5.41, 5.74) is 3.08. The first-order chi connectivity index (χ1) is 14.5. The minimum atomic E-state index is 0.00548. The molecule has 0 radical (unpaired) electrons. The monoisotopic (exact) mass is 414 g/mol. The van der Waals surface area contributed by atoms with Crippen LogP contribution in [0.5, 0.6) is 0 Å². The van der Waals surface area contributed by atoms with Crippen LogP contribution in [0.3, 0.4) is 0 Å². The molecule has 0 bridgehead atoms. The molecule has 2 amide bonds. The molecule has 4 aliphatic rings. The van der Waals surface area contributed by atoms with Gasteiger partial charge in [-0.1, -0.05) is 0 Å². The number of hydrogen-bond acceptors (Lipinski definition) is 4. The molecule has 4 atom stereocenters. The Kier molecular flexibility index (Phi) is 5.33. The topological polar surface area (TPSA) is 76.5 Å². The van der Waals surface area contributed by atoms with Crippen molar-refractivity contribution in [3.05, 3.63) is 17.0 Å². The molecule has 0 aromatic carbocycles. The number of rotatable bonds is 5. The summed E-state index contributed by atoms with van der Waals surface area (Å²) in [6, 6.07) is 0.0574. The average molecular weight is 415 g/mol. The van der Waals surface area contributed by atoms with Crippen LogP contribution in [0.15, 0.2) is 0 Å². The third kappa shape index (κ3) is 3.88. The van der Waals surface area contributed by atoms with E-state index < -0.39 is 0 Å². The third-order valence-corrected chi connectivity index (χ3v) is 7.56. The lowest BCUT2D eigenvalue weighted by atomic mass is 9.77. The van der Waals surface area contributed by atoms with Gasteiger partial charge in [0.15, 0.2) is 0 Å². The zero-order valence-electron chi connectivity index (χ0n) is 18.2. The second kappa shape index (κ2) is 7.98. The second-order valence-corrected chi connectivity index (χ2v) is 9.93. The molecule has 7 heteroatoms. The maximum Gasteiger partial charge on any atom is 0.272 e. The van der Waals surface area contributed by atoms with Gasteiger partial charge in [0.25, 0.3) is 5.91 Å². The number of aryl methyl sites for hydroxylation is 2. The van der Waals surface area contributed by atoms with E-state index in [1.54, 1.807) is 6.92 Å². The first-order valence-corrected chi connectivity index (χ1v) is 11.7. The molecule has 1 aromatic heterocycles. The van der Waals surface area contributed by atoms with E-state index in [2.05, 4.69) is 10.4 Å². The highest BCUT2D eigenvalue weighted by molar-refractivity contribution is 5.94. The van der Waals surface area contributed by atoms with Gasteiger partial charge in [0.1, 0.15) is 5.69 Å². The predicted molar refractivity (Wildman–Crippen MR) is 112 cm³/mol. The molecule has 2 saturated carbocycles. The summed E-state index contributed by atoms with van der Waals surface area (Å²) in [5, 5.41) is 7.77. The molecular weight excluding hydrogens is 380 g/mol. The Labute approximate surface area is 178 Å². The van der Waals surface area contributed by atoms with Crippen LogP contribution in [0, 0.1) is 17.8 Å². The van der Waals surface area contributed by atoms with Crippen LogP contribution in [0.2, 0.25) is 0 Å². The van der Waals surface area contributed by atoms with Crippen LogP contribution in [0.25, 0.3) is 0 Å². The molecule has 0 spiro atoms. The van der Waals surface area contributed by atoms with Crippen molar-refractivity contribution in [1.82, 2.24) is 20.0 Å². The third-order valence-electron chi connectivity index (χ3n) is 7.56. The summed E-state index contributed by atoms with van der Waals surface area (Å²) >= 11 is 0. The fourth-order valence-corrected chi connectivity index (χ4v) is 5.82. The Morgan fingerprint density at radius 1 is 1.13 bits per heavy atom. The summed E-state index contributed by atoms with van der Waals surface area (Å²) in [7, 11) is 1.91. The van der Waals surface area contributed by atoms with Crippen LogP contribution < -0.4 is 5.32 Å². The van der Waals surface area contributed by atoms with E-state index >= 15 is 0 Å². The van der Waals surface area contributed by atoms with Crippen molar-refractivity contribution in [3.63, 3.8) is 0 Å². The number of amides is 2. The van der Waals surface area contributed by atoms with Crippen LogP contribution in [-0.2, 0) is 29.4 Å². The van der Waals surface area contributed by atoms with E-state index in [9.17, 15) is 9.59 Å². The Bertz CT molecular complexity index is 831. The maximum atomic E-state index is 13.5. The van der Waals surface area contributed by atoms with E-state index in [4.69, 9.17) is 4.74 Å². The first-order valence-electron chi connectivity index (χ1n) is 11.7. The highest BCUT2D eigenvalue weighted by Crippen LogP contribution is 2.39. The number of likely N-dealkylation sites (tertiary alicyclic amines) is 1. The summed E-state index contributed by atoms with van der Waals surface area (Å²) in [5.74, 6) is 1.72. The van der Waals surface area contributed by atoms with Gasteiger partial charge in [-0.25, -0.2) is 0 Å². The molecule has 164 valence electrons. The fraction of sp³-hybridized carbons (Fsp3) is 0.783. The lowest BCUT2D eigenvalue weighted by Crippen LogP contribution is -2.50. The molecule has 3 fully saturated rings. The molecule has 5 rings (SSSR count). The van der Waals surface area contributed by atoms with E-state index in [0.29, 0.717) is 17.8 Å². The number of fused-ring (bicyclic) bond motifs is 2. The Hall–Kier alpha value is -1.89. The van der Waals surface area contributed by atoms with Gasteiger partial charge in [-0.3, -0.25) is 14.3 Å². The average Bonchev–Trinajstić information content (AvgIpc) is 3.35. The molecule has 1 N–H and O–H groups in total. The summed E-state index contributed by atoms with van der Waals surface area (Å²) in [4.78, 5) is 27.3. The Morgan fingerprint density at radius 3 is 2.60 bits per heavy atom. The van der Waals surface area contributed by atoms with Gasteiger partial charge < -0.3 is 15.0 Å². The van der Waals surface area contributed by atoms with Gasteiger partial charge in [0.2, 0.25) is 5.91 Å². The molecule has 7 nitrogen and oxygen atoms in total. The molecule has 1 aromatic rings. The zero-order valence-corrected chi connectivity index (χ0v) is 18.2. The minimum absolute atomic E-state index is 0.00548. The second-order valence-electron chi connectivity index (χ2n) is 9.93. The smallest absolute Gasteiger partial charge is 0.272 e. The van der Waals surface area contributed by atoms with Gasteiger partial charge in [0, 0.05) is 39.2 Å². The number of carbonyl (C=O) groups excluding carboxylic acids is 2. The Morgan fingerprint density at radius 2 is 1.87 bits per heavy atom. The minimum Gasteiger partial charge on any atom is -0.376 e. The zero-order chi connectivity index (χ0) is 20.8. The van der Waals surface area contributed by atoms with Crippen LogP contribution in [0.1, 0.15) is 67.2 Å². The number of hydrogen-bond donors (Lipinski definition) is 1. The molecule has 0 unspecified atom stereocenters. The molecule has 30 heavy (non-hydrogen) atoms. The van der Waals surface area contributed by atoms with Crippen molar-refractivity contribution in [1.29, 1.82) is 0 Å². The lowest BCUT2D eigenvalue weighted by Gasteiger charge is -2.38. The summed E-state index contributed by atoms with van der Waals surface area (Å²) < 4.78 is 8.07. The van der Waals surface area contributed by atoms with E-state index in [1.165, 1.54) is 18.4 Å². The number of nitrogens with zero attached hydrogens (tertiary/aromatic N) is 3. The van der Waals surface area contributed by atoms with Gasteiger partial charge >= 0.3 is 0 Å². The van der Waals surface area contributed by atoms with Crippen LogP contribution >= 0.6 is 0 Å². The summed E-state index contributed by atoms with van der Waals surface area (Å²) in [6.45, 7) is 3.95. The molecule has 1 saturated heterocycles. The molecule has 3 aliphatic carbocycles. The standard InChI is InChI=1S/C23H34N4O3/c1-14(28)24-20-9-16-11-27(12-17(16)10-21(20)30-13-15-7-8-15)23(29)22-18-5-3-4-6-19(18)25-26(22)2/h15-17,20-21H,3-13H2,1-2H3,(H,24,28)/t16-,17+,20-,21-/m1/s1. The molecule has 2 heterocycles. The van der Waals surface area contributed by atoms with Crippen LogP contribution in [0.4, 0.5) is 0 Å². The number of ether oxygens (including phenoxy) is 1. The van der Waals surface area contributed by atoms with Crippen molar-refractivity contribution in [2.45, 2.75) is 70.4 Å². The first kappa shape index (κ1) is 20.0. The van der Waals surface area contributed by atoms with E-state index in [0.717, 1.165) is 69.6 Å². The lowest BCUT2D eigenvalue weighted by molar-refractivity contribution is -0.122. The van der Waals surface area contributed by atoms with Crippen molar-refractivity contribution in [2.75, 3.05) is 19.7 Å². The quantitative estimate of drug-likeness (QED) is 0.800. The number of nitrogens with one attached hydrogen (secondary N) is 1. The molecular formula is C23H34N4O3. The molecule has 1 aliphatic heterocycles. The largest absolute Gasteiger partial charge is 0.376 e. The van der Waals surface area contributed by atoms with Gasteiger partial charge in [-0.05, 0) is 69.1 Å². The SMILES string of the molecule is CC(=O)N[C@@H]1C[C@@H]2CN(C(=O)c3c4c(nn3C)CCCC4)C[C@@H]2C[C@H]1OCC1CC1. The normalized spacial score (nSPS) is 30.7. The van der Waals surface area contributed by atoms with Crippen molar-refractivity contribution < 1.29 is 14.3 Å². The van der Waals surface area contributed by atoms with Gasteiger partial charge in [-0.15, -0.1) is 0 Å². The fourth-order valence-electron chi connectivity index (χ4n) is 5.82. The maximum absolute atomic E-state index is 13.5. The van der Waals surface area contributed by atoms with E-state index in [-0.39, 0.29) is 24.0 Å². The van der Waals surface area contributed by atoms with Crippen molar-refractivity contribution in [3.8, 4) is 0 Å². The predicted octanol–water partition coefficient (Wildman–Crippen LogP) is 2.08. The van der Waals surface area contributed by atoms with E-state index in [1.807, 2.05) is 16.6 Å². The van der Waals surface area contributed by atoms with Gasteiger partial charge in [-0.2, -0.15) is 5.10 Å². The van der Waals surface area contributed by atoms with Gasteiger partial charge in [0.05, 0.1) is 17.8 Å². The van der Waals surface area contributed by atoms with Crippen LogP contribution in [-0.4, -0.2) is 58.3 Å². The number of carbonyl (C=O) groups is 2. The van der Waals surface area contributed by atoms with Crippen molar-refractivity contribution >= 4 is 11.8 Å². The summed E-state index contributed by atoms with van der Waals surface area (Å²) in [6.07, 6.45) is 8.67.